The number of nitrogens with one attached hydrogen (secondary N) is 2. The minimum atomic E-state index is 0.0102. The van der Waals surface area contributed by atoms with Gasteiger partial charge in [-0.05, 0) is 30.7 Å². The van der Waals surface area contributed by atoms with Crippen molar-refractivity contribution in [2.45, 2.75) is 26.4 Å². The monoisotopic (exact) mass is 363 g/mol. The molecule has 0 aliphatic rings. The number of hydrogen-bond donors (Lipinski definition) is 2. The molecule has 0 saturated heterocycles. The average molecular weight is 363 g/mol. The Morgan fingerprint density at radius 2 is 1.96 bits per heavy atom. The number of hydrogen-bond acceptors (Lipinski definition) is 4. The lowest BCUT2D eigenvalue weighted by atomic mass is 10.1. The first-order chi connectivity index (χ1) is 13.2. The van der Waals surface area contributed by atoms with E-state index in [9.17, 15) is 4.79 Å². The van der Waals surface area contributed by atoms with Gasteiger partial charge in [-0.2, -0.15) is 5.10 Å². The second-order valence-corrected chi connectivity index (χ2v) is 6.44. The van der Waals surface area contributed by atoms with E-state index < -0.39 is 0 Å². The molecular formula is C21H25N5O. The third kappa shape index (κ3) is 5.76. The first kappa shape index (κ1) is 18.8. The summed E-state index contributed by atoms with van der Waals surface area (Å²) in [5.41, 5.74) is 4.32. The topological polar surface area (TPSA) is 71.8 Å². The van der Waals surface area contributed by atoms with Gasteiger partial charge in [0.05, 0.1) is 12.2 Å². The van der Waals surface area contributed by atoms with Crippen LogP contribution in [0.5, 0.6) is 0 Å². The normalized spacial score (nSPS) is 10.7. The number of benzene rings is 1. The molecule has 0 atom stereocenters. The van der Waals surface area contributed by atoms with Crippen LogP contribution in [0.25, 0.3) is 11.3 Å². The Bertz CT molecular complexity index is 846. The van der Waals surface area contributed by atoms with E-state index in [1.165, 1.54) is 12.5 Å². The first-order valence-corrected chi connectivity index (χ1v) is 9.18. The number of rotatable bonds is 9. The fraction of sp³-hybridized carbons (Fsp3) is 0.286. The molecule has 0 aliphatic carbocycles. The molecule has 2 heterocycles. The van der Waals surface area contributed by atoms with Crippen LogP contribution in [0.2, 0.25) is 0 Å². The summed E-state index contributed by atoms with van der Waals surface area (Å²) in [7, 11) is 0. The molecule has 0 saturated carbocycles. The van der Waals surface area contributed by atoms with Crippen molar-refractivity contribution >= 4 is 5.91 Å². The summed E-state index contributed by atoms with van der Waals surface area (Å²) >= 11 is 0. The van der Waals surface area contributed by atoms with Gasteiger partial charge in [-0.3, -0.25) is 14.5 Å². The Morgan fingerprint density at radius 1 is 1.11 bits per heavy atom. The van der Waals surface area contributed by atoms with Crippen LogP contribution >= 0.6 is 0 Å². The highest BCUT2D eigenvalue weighted by atomic mass is 16.1. The molecule has 0 aliphatic heterocycles. The number of amides is 1. The predicted molar refractivity (Wildman–Crippen MR) is 106 cm³/mol. The molecule has 0 fully saturated rings. The number of nitrogens with zero attached hydrogens (tertiary/aromatic N) is 3. The summed E-state index contributed by atoms with van der Waals surface area (Å²) < 4.78 is 1.98. The van der Waals surface area contributed by atoms with Gasteiger partial charge in [-0.15, -0.1) is 0 Å². The van der Waals surface area contributed by atoms with Crippen LogP contribution in [0, 0.1) is 0 Å². The Labute approximate surface area is 159 Å². The van der Waals surface area contributed by atoms with Crippen molar-refractivity contribution in [3.8, 4) is 11.3 Å². The van der Waals surface area contributed by atoms with Crippen molar-refractivity contribution in [1.29, 1.82) is 0 Å². The second-order valence-electron chi connectivity index (χ2n) is 6.44. The fourth-order valence-electron chi connectivity index (χ4n) is 2.89. The summed E-state index contributed by atoms with van der Waals surface area (Å²) in [4.78, 5) is 15.1. The number of carbonyl (C=O) groups is 1. The third-order valence-electron chi connectivity index (χ3n) is 4.18. The molecular weight excluding hydrogens is 338 g/mol. The lowest BCUT2D eigenvalue weighted by Gasteiger charge is -2.05. The van der Waals surface area contributed by atoms with Crippen LogP contribution in [-0.2, 0) is 17.9 Å². The Morgan fingerprint density at radius 3 is 2.70 bits per heavy atom. The predicted octanol–water partition coefficient (Wildman–Crippen LogP) is 2.61. The van der Waals surface area contributed by atoms with Crippen LogP contribution in [0.3, 0.4) is 0 Å². The number of carbonyl (C=O) groups excluding carboxylic acids is 1. The van der Waals surface area contributed by atoms with E-state index in [4.69, 9.17) is 5.10 Å². The maximum Gasteiger partial charge on any atom is 0.216 e. The van der Waals surface area contributed by atoms with Crippen molar-refractivity contribution in [2.24, 2.45) is 0 Å². The largest absolute Gasteiger partial charge is 0.356 e. The average Bonchev–Trinajstić information content (AvgIpc) is 3.08. The molecule has 2 N–H and O–H groups in total. The Hall–Kier alpha value is -2.99. The molecule has 27 heavy (non-hydrogen) atoms. The third-order valence-corrected chi connectivity index (χ3v) is 4.18. The van der Waals surface area contributed by atoms with Gasteiger partial charge < -0.3 is 10.6 Å². The minimum Gasteiger partial charge on any atom is -0.356 e. The number of aromatic nitrogens is 3. The summed E-state index contributed by atoms with van der Waals surface area (Å²) in [5.74, 6) is 0.0102. The van der Waals surface area contributed by atoms with E-state index in [0.29, 0.717) is 6.54 Å². The quantitative estimate of drug-likeness (QED) is 0.573. The molecule has 1 amide bonds. The van der Waals surface area contributed by atoms with Gasteiger partial charge in [0.1, 0.15) is 0 Å². The molecule has 0 spiro atoms. The van der Waals surface area contributed by atoms with Crippen LogP contribution in [-0.4, -0.2) is 33.8 Å². The fourth-order valence-corrected chi connectivity index (χ4v) is 2.89. The molecule has 6 nitrogen and oxygen atoms in total. The maximum absolute atomic E-state index is 10.9. The van der Waals surface area contributed by atoms with Crippen molar-refractivity contribution < 1.29 is 4.79 Å². The SMILES string of the molecule is CC(=O)NCCCNCc1cn(Cc2ccccc2)nc1-c1cccnc1. The molecule has 0 radical (unpaired) electrons. The maximum atomic E-state index is 10.9. The summed E-state index contributed by atoms with van der Waals surface area (Å²) in [6, 6.07) is 14.3. The van der Waals surface area contributed by atoms with Crippen molar-refractivity contribution in [3.63, 3.8) is 0 Å². The molecule has 0 bridgehead atoms. The highest BCUT2D eigenvalue weighted by molar-refractivity contribution is 5.72. The van der Waals surface area contributed by atoms with E-state index >= 15 is 0 Å². The summed E-state index contributed by atoms with van der Waals surface area (Å²) in [6.45, 7) is 4.51. The standard InChI is InChI=1S/C21H25N5O/c1-17(27)24-12-6-11-23-14-20-16-26(15-18-7-3-2-4-8-18)25-21(20)19-9-5-10-22-13-19/h2-5,7-10,13,16,23H,6,11-12,14-15H2,1H3,(H,24,27). The van der Waals surface area contributed by atoms with Crippen LogP contribution in [0.4, 0.5) is 0 Å². The Kier molecular flexibility index (Phi) is 6.71. The minimum absolute atomic E-state index is 0.0102. The highest BCUT2D eigenvalue weighted by Gasteiger charge is 2.11. The van der Waals surface area contributed by atoms with E-state index in [-0.39, 0.29) is 5.91 Å². The van der Waals surface area contributed by atoms with Gasteiger partial charge in [-0.1, -0.05) is 30.3 Å². The molecule has 6 heteroatoms. The van der Waals surface area contributed by atoms with Gasteiger partial charge in [0.15, 0.2) is 0 Å². The summed E-state index contributed by atoms with van der Waals surface area (Å²) in [5, 5.41) is 11.0. The Balaban J connectivity index is 1.68. The lowest BCUT2D eigenvalue weighted by molar-refractivity contribution is -0.118. The van der Waals surface area contributed by atoms with Gasteiger partial charge in [0.25, 0.3) is 0 Å². The molecule has 1 aromatic carbocycles. The zero-order valence-electron chi connectivity index (χ0n) is 15.6. The molecule has 2 aromatic heterocycles. The van der Waals surface area contributed by atoms with Crippen molar-refractivity contribution in [2.75, 3.05) is 13.1 Å². The van der Waals surface area contributed by atoms with Crippen LogP contribution in [0.1, 0.15) is 24.5 Å². The van der Waals surface area contributed by atoms with E-state index in [1.54, 1.807) is 6.20 Å². The smallest absolute Gasteiger partial charge is 0.216 e. The zero-order chi connectivity index (χ0) is 18.9. The van der Waals surface area contributed by atoms with E-state index in [1.807, 2.05) is 41.2 Å². The highest BCUT2D eigenvalue weighted by Crippen LogP contribution is 2.21. The molecule has 140 valence electrons. The first-order valence-electron chi connectivity index (χ1n) is 9.18. The molecule has 0 unspecified atom stereocenters. The number of pyridine rings is 1. The second kappa shape index (κ2) is 9.64. The lowest BCUT2D eigenvalue weighted by Crippen LogP contribution is -2.25. The van der Waals surface area contributed by atoms with Gasteiger partial charge in [0, 0.05) is 49.7 Å². The van der Waals surface area contributed by atoms with Gasteiger partial charge in [-0.25, -0.2) is 0 Å². The molecule has 3 aromatic rings. The van der Waals surface area contributed by atoms with Gasteiger partial charge >= 0.3 is 0 Å². The van der Waals surface area contributed by atoms with Crippen LogP contribution in [0.15, 0.2) is 61.1 Å². The molecule has 3 rings (SSSR count). The van der Waals surface area contributed by atoms with Crippen molar-refractivity contribution in [1.82, 2.24) is 25.4 Å². The van der Waals surface area contributed by atoms with E-state index in [2.05, 4.69) is 33.9 Å². The van der Waals surface area contributed by atoms with Crippen LogP contribution < -0.4 is 10.6 Å². The zero-order valence-corrected chi connectivity index (χ0v) is 15.6. The summed E-state index contributed by atoms with van der Waals surface area (Å²) in [6.07, 6.45) is 6.59. The van der Waals surface area contributed by atoms with Crippen molar-refractivity contribution in [3.05, 3.63) is 72.2 Å². The van der Waals surface area contributed by atoms with Gasteiger partial charge in [0.2, 0.25) is 5.91 Å². The van der Waals surface area contributed by atoms with E-state index in [0.717, 1.165) is 42.9 Å².